The molecule has 1 fully saturated rings. The Kier molecular flexibility index (Phi) is 5.62. The summed E-state index contributed by atoms with van der Waals surface area (Å²) in [6.45, 7) is 7.22. The summed E-state index contributed by atoms with van der Waals surface area (Å²) in [5, 5.41) is 0. The highest BCUT2D eigenvalue weighted by Crippen LogP contribution is 2.33. The van der Waals surface area contributed by atoms with E-state index in [9.17, 15) is 4.79 Å². The van der Waals surface area contributed by atoms with E-state index in [1.165, 1.54) is 28.9 Å². The lowest BCUT2D eigenvalue weighted by atomic mass is 9.82. The average molecular weight is 393 g/mol. The Bertz CT molecular complexity index is 863. The van der Waals surface area contributed by atoms with Gasteiger partial charge in [-0.25, -0.2) is 4.79 Å². The van der Waals surface area contributed by atoms with Crippen molar-refractivity contribution in [2.24, 2.45) is 0 Å². The minimum absolute atomic E-state index is 0.196. The first kappa shape index (κ1) is 19.9. The lowest BCUT2D eigenvalue weighted by Gasteiger charge is -2.33. The molecule has 4 rings (SSSR count). The van der Waals surface area contributed by atoms with E-state index in [4.69, 9.17) is 9.72 Å². The number of fused-ring (bicyclic) bond motifs is 1. The van der Waals surface area contributed by atoms with Crippen LogP contribution in [0.1, 0.15) is 74.4 Å². The summed E-state index contributed by atoms with van der Waals surface area (Å²) in [5.74, 6) is 0.927. The van der Waals surface area contributed by atoms with E-state index < -0.39 is 5.60 Å². The van der Waals surface area contributed by atoms with Gasteiger partial charge in [0, 0.05) is 36.3 Å². The van der Waals surface area contributed by atoms with E-state index in [1.807, 2.05) is 25.7 Å². The van der Waals surface area contributed by atoms with Crippen molar-refractivity contribution in [1.82, 2.24) is 9.88 Å². The number of hydrogen-bond donors (Lipinski definition) is 0. The third-order valence-electron chi connectivity index (χ3n) is 6.12. The third-order valence-corrected chi connectivity index (χ3v) is 6.12. The predicted molar refractivity (Wildman–Crippen MR) is 115 cm³/mol. The molecule has 2 aliphatic rings. The number of ether oxygens (including phenoxy) is 1. The SMILES string of the molecule is CC(C)(C)OC(=O)N1CCC(c2cccc(C3CCc4ccccc4C3)n2)CC1. The van der Waals surface area contributed by atoms with Crippen LogP contribution in [-0.2, 0) is 17.6 Å². The molecule has 1 saturated heterocycles. The second-order valence-electron chi connectivity index (χ2n) is 9.44. The number of hydrogen-bond acceptors (Lipinski definition) is 3. The lowest BCUT2D eigenvalue weighted by Crippen LogP contribution is -2.41. The highest BCUT2D eigenvalue weighted by Gasteiger charge is 2.28. The first-order valence-electron chi connectivity index (χ1n) is 10.9. The predicted octanol–water partition coefficient (Wildman–Crippen LogP) is 5.47. The Morgan fingerprint density at radius 2 is 1.59 bits per heavy atom. The number of benzene rings is 1. The average Bonchev–Trinajstić information content (AvgIpc) is 2.72. The van der Waals surface area contributed by atoms with Crippen LogP contribution < -0.4 is 0 Å². The van der Waals surface area contributed by atoms with E-state index in [2.05, 4.69) is 42.5 Å². The van der Waals surface area contributed by atoms with Crippen LogP contribution in [0.25, 0.3) is 0 Å². The Hall–Kier alpha value is -2.36. The van der Waals surface area contributed by atoms with Gasteiger partial charge in [0.2, 0.25) is 0 Å². The second kappa shape index (κ2) is 8.17. The van der Waals surface area contributed by atoms with Crippen LogP contribution in [0.5, 0.6) is 0 Å². The van der Waals surface area contributed by atoms with Crippen LogP contribution >= 0.6 is 0 Å². The molecular formula is C25H32N2O2. The molecule has 1 aliphatic heterocycles. The van der Waals surface area contributed by atoms with Gasteiger partial charge in [0.25, 0.3) is 0 Å². The number of carbonyl (C=O) groups is 1. The first-order chi connectivity index (χ1) is 13.9. The van der Waals surface area contributed by atoms with Gasteiger partial charge in [-0.3, -0.25) is 4.98 Å². The van der Waals surface area contributed by atoms with Gasteiger partial charge in [0.15, 0.2) is 0 Å². The molecule has 1 unspecified atom stereocenters. The zero-order valence-corrected chi connectivity index (χ0v) is 17.9. The number of aromatic nitrogens is 1. The number of pyridine rings is 1. The van der Waals surface area contributed by atoms with Gasteiger partial charge in [-0.15, -0.1) is 0 Å². The Morgan fingerprint density at radius 1 is 0.931 bits per heavy atom. The molecule has 29 heavy (non-hydrogen) atoms. The number of aryl methyl sites for hydroxylation is 1. The summed E-state index contributed by atoms with van der Waals surface area (Å²) < 4.78 is 5.52. The van der Waals surface area contributed by atoms with Crippen LogP contribution in [0, 0.1) is 0 Å². The molecule has 0 N–H and O–H groups in total. The molecule has 2 aromatic rings. The van der Waals surface area contributed by atoms with Gasteiger partial charge in [0.05, 0.1) is 0 Å². The summed E-state index contributed by atoms with van der Waals surface area (Å²) in [6, 6.07) is 15.3. The number of likely N-dealkylation sites (tertiary alicyclic amines) is 1. The van der Waals surface area contributed by atoms with Crippen molar-refractivity contribution in [2.75, 3.05) is 13.1 Å². The minimum atomic E-state index is -0.442. The van der Waals surface area contributed by atoms with Gasteiger partial charge >= 0.3 is 6.09 Å². The smallest absolute Gasteiger partial charge is 0.410 e. The maximum absolute atomic E-state index is 12.3. The summed E-state index contributed by atoms with van der Waals surface area (Å²) in [6.07, 6.45) is 5.10. The summed E-state index contributed by atoms with van der Waals surface area (Å²) in [7, 11) is 0. The number of carbonyl (C=O) groups excluding carboxylic acids is 1. The van der Waals surface area contributed by atoms with E-state index in [-0.39, 0.29) is 6.09 Å². The molecule has 4 heteroatoms. The number of nitrogens with zero attached hydrogens (tertiary/aromatic N) is 2. The van der Waals surface area contributed by atoms with Crippen molar-refractivity contribution in [1.29, 1.82) is 0 Å². The van der Waals surface area contributed by atoms with E-state index in [1.54, 1.807) is 0 Å². The topological polar surface area (TPSA) is 42.4 Å². The van der Waals surface area contributed by atoms with Gasteiger partial charge in [-0.1, -0.05) is 30.3 Å². The second-order valence-corrected chi connectivity index (χ2v) is 9.44. The summed E-state index contributed by atoms with van der Waals surface area (Å²) in [5.41, 5.74) is 4.94. The highest BCUT2D eigenvalue weighted by molar-refractivity contribution is 5.68. The molecule has 0 saturated carbocycles. The van der Waals surface area contributed by atoms with Crippen LogP contribution in [0.4, 0.5) is 4.79 Å². The lowest BCUT2D eigenvalue weighted by molar-refractivity contribution is 0.0204. The van der Waals surface area contributed by atoms with Crippen LogP contribution in [-0.4, -0.2) is 34.7 Å². The minimum Gasteiger partial charge on any atom is -0.444 e. The number of piperidine rings is 1. The largest absolute Gasteiger partial charge is 0.444 e. The first-order valence-corrected chi connectivity index (χ1v) is 10.9. The summed E-state index contributed by atoms with van der Waals surface area (Å²) >= 11 is 0. The Morgan fingerprint density at radius 3 is 2.28 bits per heavy atom. The molecule has 154 valence electrons. The van der Waals surface area contributed by atoms with E-state index in [0.717, 1.165) is 38.8 Å². The molecule has 0 spiro atoms. The van der Waals surface area contributed by atoms with Crippen molar-refractivity contribution in [3.63, 3.8) is 0 Å². The van der Waals surface area contributed by atoms with Crippen molar-refractivity contribution in [3.05, 3.63) is 65.0 Å². The van der Waals surface area contributed by atoms with E-state index in [0.29, 0.717) is 11.8 Å². The fourth-order valence-electron chi connectivity index (χ4n) is 4.56. The summed E-state index contributed by atoms with van der Waals surface area (Å²) in [4.78, 5) is 19.2. The van der Waals surface area contributed by atoms with Crippen molar-refractivity contribution < 1.29 is 9.53 Å². The maximum atomic E-state index is 12.3. The molecule has 2 heterocycles. The maximum Gasteiger partial charge on any atom is 0.410 e. The molecular weight excluding hydrogens is 360 g/mol. The number of amides is 1. The normalized spacial score (nSPS) is 20.2. The van der Waals surface area contributed by atoms with Crippen molar-refractivity contribution in [3.8, 4) is 0 Å². The molecule has 1 aliphatic carbocycles. The van der Waals surface area contributed by atoms with Crippen LogP contribution in [0.3, 0.4) is 0 Å². The zero-order valence-electron chi connectivity index (χ0n) is 17.9. The highest BCUT2D eigenvalue weighted by atomic mass is 16.6. The molecule has 1 atom stereocenters. The quantitative estimate of drug-likeness (QED) is 0.681. The molecule has 1 amide bonds. The molecule has 4 nitrogen and oxygen atoms in total. The van der Waals surface area contributed by atoms with Gasteiger partial charge in [0.1, 0.15) is 5.60 Å². The molecule has 1 aromatic heterocycles. The Balaban J connectivity index is 1.40. The third kappa shape index (κ3) is 4.80. The fraction of sp³-hybridized carbons (Fsp3) is 0.520. The van der Waals surface area contributed by atoms with Crippen molar-refractivity contribution >= 4 is 6.09 Å². The number of rotatable bonds is 2. The zero-order chi connectivity index (χ0) is 20.4. The Labute approximate surface area is 174 Å². The van der Waals surface area contributed by atoms with Gasteiger partial charge in [-0.2, -0.15) is 0 Å². The molecule has 0 radical (unpaired) electrons. The van der Waals surface area contributed by atoms with Gasteiger partial charge in [-0.05, 0) is 76.1 Å². The standard InChI is InChI=1S/C25H32N2O2/c1-25(2,3)29-24(28)27-15-13-19(14-16-27)22-9-6-10-23(26-22)21-12-11-18-7-4-5-8-20(18)17-21/h4-10,19,21H,11-17H2,1-3H3. The monoisotopic (exact) mass is 392 g/mol. The fourth-order valence-corrected chi connectivity index (χ4v) is 4.56. The van der Waals surface area contributed by atoms with Crippen molar-refractivity contribution in [2.45, 2.75) is 70.3 Å². The van der Waals surface area contributed by atoms with Crippen LogP contribution in [0.2, 0.25) is 0 Å². The van der Waals surface area contributed by atoms with E-state index >= 15 is 0 Å². The van der Waals surface area contributed by atoms with Crippen LogP contribution in [0.15, 0.2) is 42.5 Å². The molecule has 0 bridgehead atoms. The van der Waals surface area contributed by atoms with Gasteiger partial charge < -0.3 is 9.64 Å². The molecule has 1 aromatic carbocycles.